The summed E-state index contributed by atoms with van der Waals surface area (Å²) in [5, 5.41) is 0. The summed E-state index contributed by atoms with van der Waals surface area (Å²) >= 11 is 3.49. The molecule has 0 spiro atoms. The first-order valence-corrected chi connectivity index (χ1v) is 8.03. The van der Waals surface area contributed by atoms with Gasteiger partial charge in [-0.15, -0.1) is 0 Å². The van der Waals surface area contributed by atoms with E-state index in [1.165, 1.54) is 0 Å². The van der Waals surface area contributed by atoms with E-state index in [-0.39, 0.29) is 18.5 Å². The second-order valence-corrected chi connectivity index (χ2v) is 5.90. The molecule has 1 unspecified atom stereocenters. The molecule has 0 saturated heterocycles. The number of halogens is 1. The lowest BCUT2D eigenvalue weighted by atomic mass is 10.1. The molecule has 1 rings (SSSR count). The first kappa shape index (κ1) is 17.8. The Morgan fingerprint density at radius 3 is 2.71 bits per heavy atom. The molecule has 0 saturated carbocycles. The molecule has 21 heavy (non-hydrogen) atoms. The lowest BCUT2D eigenvalue weighted by Crippen LogP contribution is -2.13. The van der Waals surface area contributed by atoms with Crippen molar-refractivity contribution in [2.24, 2.45) is 0 Å². The van der Waals surface area contributed by atoms with Crippen molar-refractivity contribution in [3.8, 4) is 5.75 Å². The van der Waals surface area contributed by atoms with Crippen molar-refractivity contribution in [1.82, 2.24) is 0 Å². The van der Waals surface area contributed by atoms with Gasteiger partial charge >= 0.3 is 5.97 Å². The third kappa shape index (κ3) is 6.34. The van der Waals surface area contributed by atoms with Crippen molar-refractivity contribution in [1.29, 1.82) is 0 Å². The molecule has 0 heterocycles. The van der Waals surface area contributed by atoms with E-state index in [0.717, 1.165) is 27.8 Å². The van der Waals surface area contributed by atoms with Crippen LogP contribution < -0.4 is 4.74 Å². The highest BCUT2D eigenvalue weighted by molar-refractivity contribution is 9.11. The maximum atomic E-state index is 11.7. The number of ether oxygens (including phenoxy) is 2. The Kier molecular flexibility index (Phi) is 7.51. The standard InChI is InChI=1S/C17H23BrO3/c1-5-15(18)10-13(4)21-16-9-12(3)7-8-14(16)11-17(19)20-6-2/h7-10,13H,5-6,11H2,1-4H3/b15-10+. The van der Waals surface area contributed by atoms with Crippen molar-refractivity contribution in [2.45, 2.75) is 46.6 Å². The minimum absolute atomic E-state index is 0.0675. The van der Waals surface area contributed by atoms with Gasteiger partial charge in [0.2, 0.25) is 0 Å². The molecule has 116 valence electrons. The van der Waals surface area contributed by atoms with Crippen molar-refractivity contribution in [3.05, 3.63) is 39.9 Å². The Morgan fingerprint density at radius 1 is 1.38 bits per heavy atom. The highest BCUT2D eigenvalue weighted by Gasteiger charge is 2.12. The van der Waals surface area contributed by atoms with Crippen LogP contribution in [0.4, 0.5) is 0 Å². The van der Waals surface area contributed by atoms with Gasteiger partial charge in [0.15, 0.2) is 0 Å². The lowest BCUT2D eigenvalue weighted by Gasteiger charge is -2.16. The molecule has 0 N–H and O–H groups in total. The molecule has 0 aliphatic rings. The molecular weight excluding hydrogens is 332 g/mol. The van der Waals surface area contributed by atoms with Crippen LogP contribution in [0, 0.1) is 6.92 Å². The van der Waals surface area contributed by atoms with Gasteiger partial charge in [-0.25, -0.2) is 0 Å². The Hall–Kier alpha value is -1.29. The van der Waals surface area contributed by atoms with Gasteiger partial charge in [-0.2, -0.15) is 0 Å². The van der Waals surface area contributed by atoms with Crippen molar-refractivity contribution in [2.75, 3.05) is 6.61 Å². The quantitative estimate of drug-likeness (QED) is 0.673. The van der Waals surface area contributed by atoms with Gasteiger partial charge in [-0.05, 0) is 49.4 Å². The van der Waals surface area contributed by atoms with Crippen LogP contribution in [0.1, 0.15) is 38.3 Å². The zero-order valence-electron chi connectivity index (χ0n) is 13.1. The number of aryl methyl sites for hydroxylation is 1. The average molecular weight is 355 g/mol. The van der Waals surface area contributed by atoms with Gasteiger partial charge in [0.25, 0.3) is 0 Å². The molecule has 0 aromatic heterocycles. The van der Waals surface area contributed by atoms with Crippen LogP contribution in [0.25, 0.3) is 0 Å². The normalized spacial score (nSPS) is 12.9. The minimum atomic E-state index is -0.232. The fourth-order valence-electron chi connectivity index (χ4n) is 1.89. The third-order valence-electron chi connectivity index (χ3n) is 2.93. The maximum Gasteiger partial charge on any atom is 0.310 e. The zero-order chi connectivity index (χ0) is 15.8. The Bertz CT molecular complexity index is 509. The third-order valence-corrected chi connectivity index (χ3v) is 3.75. The second-order valence-electron chi connectivity index (χ2n) is 4.88. The summed E-state index contributed by atoms with van der Waals surface area (Å²) in [6.07, 6.45) is 3.12. The fourth-order valence-corrected chi connectivity index (χ4v) is 2.26. The number of rotatable bonds is 7. The topological polar surface area (TPSA) is 35.5 Å². The van der Waals surface area contributed by atoms with E-state index >= 15 is 0 Å². The molecule has 1 atom stereocenters. The molecule has 3 nitrogen and oxygen atoms in total. The molecule has 4 heteroatoms. The summed E-state index contributed by atoms with van der Waals surface area (Å²) in [4.78, 5) is 11.7. The van der Waals surface area contributed by atoms with Crippen LogP contribution in [0.5, 0.6) is 5.75 Å². The number of allylic oxidation sites excluding steroid dienone is 1. The van der Waals surface area contributed by atoms with E-state index in [4.69, 9.17) is 9.47 Å². The lowest BCUT2D eigenvalue weighted by molar-refractivity contribution is -0.142. The summed E-state index contributed by atoms with van der Waals surface area (Å²) in [6, 6.07) is 5.86. The van der Waals surface area contributed by atoms with Crippen LogP contribution in [-0.2, 0) is 16.0 Å². The molecule has 0 amide bonds. The number of hydrogen-bond acceptors (Lipinski definition) is 3. The van der Waals surface area contributed by atoms with Crippen LogP contribution in [0.15, 0.2) is 28.8 Å². The molecule has 1 aromatic carbocycles. The SMILES string of the molecule is CCOC(=O)Cc1ccc(C)cc1OC(C)/C=C(/Br)CC. The maximum absolute atomic E-state index is 11.7. The summed E-state index contributed by atoms with van der Waals surface area (Å²) < 4.78 is 12.1. The molecule has 0 fully saturated rings. The van der Waals surface area contributed by atoms with E-state index < -0.39 is 0 Å². The number of carbonyl (C=O) groups excluding carboxylic acids is 1. The minimum Gasteiger partial charge on any atom is -0.486 e. The number of benzene rings is 1. The van der Waals surface area contributed by atoms with E-state index in [9.17, 15) is 4.79 Å². The molecule has 0 aliphatic heterocycles. The Labute approximate surface area is 135 Å². The smallest absolute Gasteiger partial charge is 0.310 e. The van der Waals surface area contributed by atoms with Crippen molar-refractivity contribution in [3.63, 3.8) is 0 Å². The van der Waals surface area contributed by atoms with Gasteiger partial charge in [-0.1, -0.05) is 35.0 Å². The number of hydrogen-bond donors (Lipinski definition) is 0. The zero-order valence-corrected chi connectivity index (χ0v) is 14.7. The van der Waals surface area contributed by atoms with Gasteiger partial charge in [0, 0.05) is 5.56 Å². The molecule has 1 aromatic rings. The number of esters is 1. The molecule has 0 bridgehead atoms. The van der Waals surface area contributed by atoms with E-state index in [2.05, 4.69) is 22.9 Å². The highest BCUT2D eigenvalue weighted by Crippen LogP contribution is 2.23. The summed E-state index contributed by atoms with van der Waals surface area (Å²) in [6.45, 7) is 8.26. The second kappa shape index (κ2) is 8.88. The fraction of sp³-hybridized carbons (Fsp3) is 0.471. The Morgan fingerprint density at radius 2 is 2.10 bits per heavy atom. The van der Waals surface area contributed by atoms with Crippen molar-refractivity contribution >= 4 is 21.9 Å². The van der Waals surface area contributed by atoms with E-state index in [0.29, 0.717) is 6.61 Å². The highest BCUT2D eigenvalue weighted by atomic mass is 79.9. The monoisotopic (exact) mass is 354 g/mol. The largest absolute Gasteiger partial charge is 0.486 e. The van der Waals surface area contributed by atoms with Crippen LogP contribution in [-0.4, -0.2) is 18.7 Å². The molecule has 0 radical (unpaired) electrons. The van der Waals surface area contributed by atoms with Crippen molar-refractivity contribution < 1.29 is 14.3 Å². The number of carbonyl (C=O) groups is 1. The van der Waals surface area contributed by atoms with Gasteiger partial charge in [-0.3, -0.25) is 4.79 Å². The first-order valence-electron chi connectivity index (χ1n) is 7.24. The van der Waals surface area contributed by atoms with Gasteiger partial charge < -0.3 is 9.47 Å². The van der Waals surface area contributed by atoms with Gasteiger partial charge in [0.05, 0.1) is 13.0 Å². The predicted octanol–water partition coefficient (Wildman–Crippen LogP) is 4.56. The Balaban J connectivity index is 2.89. The van der Waals surface area contributed by atoms with E-state index in [1.807, 2.05) is 38.1 Å². The first-order chi connectivity index (χ1) is 9.96. The van der Waals surface area contributed by atoms with Crippen LogP contribution in [0.2, 0.25) is 0 Å². The van der Waals surface area contributed by atoms with E-state index in [1.54, 1.807) is 6.92 Å². The van der Waals surface area contributed by atoms with Gasteiger partial charge in [0.1, 0.15) is 11.9 Å². The average Bonchev–Trinajstić information content (AvgIpc) is 2.41. The molecular formula is C17H23BrO3. The summed E-state index contributed by atoms with van der Waals surface area (Å²) in [5.74, 6) is 0.507. The van der Waals surface area contributed by atoms with Crippen LogP contribution in [0.3, 0.4) is 0 Å². The summed E-state index contributed by atoms with van der Waals surface area (Å²) in [5.41, 5.74) is 1.95. The van der Waals surface area contributed by atoms with Crippen LogP contribution >= 0.6 is 15.9 Å². The predicted molar refractivity (Wildman–Crippen MR) is 88.9 cm³/mol. The molecule has 0 aliphatic carbocycles. The summed E-state index contributed by atoms with van der Waals surface area (Å²) in [7, 11) is 0.